The molecule has 0 atom stereocenters. The second kappa shape index (κ2) is 8.02. The molecule has 0 aliphatic rings. The Morgan fingerprint density at radius 3 is 2.39 bits per heavy atom. The molecule has 0 saturated heterocycles. The molecule has 0 aliphatic heterocycles. The third-order valence-corrected chi connectivity index (χ3v) is 5.83. The number of benzene rings is 2. The number of phenolic OH excluding ortho intramolecular Hbond substituents is 1. The minimum absolute atomic E-state index is 0.107. The number of rotatable bonds is 5. The average Bonchev–Trinajstić information content (AvgIpc) is 3.03. The van der Waals surface area contributed by atoms with Crippen LogP contribution in [0.1, 0.15) is 48.2 Å². The van der Waals surface area contributed by atoms with Gasteiger partial charge in [-0.25, -0.2) is 4.79 Å². The second-order valence-corrected chi connectivity index (χ2v) is 7.99. The topological polar surface area (TPSA) is 66.8 Å². The van der Waals surface area contributed by atoms with Crippen LogP contribution >= 0.6 is 11.3 Å². The van der Waals surface area contributed by atoms with Crippen LogP contribution in [0.25, 0.3) is 10.1 Å². The number of carbonyl (C=O) groups is 2. The number of hydrogen-bond donors (Lipinski definition) is 1. The van der Waals surface area contributed by atoms with E-state index >= 15 is 0 Å². The fourth-order valence-corrected chi connectivity index (χ4v) is 4.35. The average molecular weight is 397 g/mol. The molecule has 2 aromatic carbocycles. The Balaban J connectivity index is 2.07. The van der Waals surface area contributed by atoms with Crippen LogP contribution in [-0.2, 0) is 16.1 Å². The molecule has 28 heavy (non-hydrogen) atoms. The second-order valence-electron chi connectivity index (χ2n) is 6.96. The fraction of sp³-hybridized carbons (Fsp3) is 0.273. The highest BCUT2D eigenvalue weighted by Gasteiger charge is 2.26. The summed E-state index contributed by atoms with van der Waals surface area (Å²) in [5.74, 6) is -0.142. The van der Waals surface area contributed by atoms with Crippen LogP contribution in [0.4, 0.5) is 5.00 Å². The van der Waals surface area contributed by atoms with Crippen molar-refractivity contribution >= 4 is 38.3 Å². The van der Waals surface area contributed by atoms with Gasteiger partial charge in [0.15, 0.2) is 0 Å². The van der Waals surface area contributed by atoms with Crippen molar-refractivity contribution in [3.8, 4) is 5.75 Å². The molecule has 0 aliphatic carbocycles. The van der Waals surface area contributed by atoms with Gasteiger partial charge in [0.05, 0.1) is 13.7 Å². The van der Waals surface area contributed by atoms with E-state index in [1.165, 1.54) is 37.0 Å². The van der Waals surface area contributed by atoms with E-state index < -0.39 is 5.97 Å². The normalized spacial score (nSPS) is 11.0. The monoisotopic (exact) mass is 397 g/mol. The van der Waals surface area contributed by atoms with Gasteiger partial charge in [-0.15, -0.1) is 11.3 Å². The molecule has 0 spiro atoms. The largest absolute Gasteiger partial charge is 0.508 e. The Labute approximate surface area is 168 Å². The summed E-state index contributed by atoms with van der Waals surface area (Å²) in [5.41, 5.74) is 2.54. The number of amides is 1. The molecule has 1 amide bonds. The Morgan fingerprint density at radius 2 is 1.82 bits per heavy atom. The molecule has 0 bridgehead atoms. The van der Waals surface area contributed by atoms with Gasteiger partial charge in [0.2, 0.25) is 5.91 Å². The number of thiophene rings is 1. The maximum Gasteiger partial charge on any atom is 0.341 e. The molecule has 6 heteroatoms. The summed E-state index contributed by atoms with van der Waals surface area (Å²) < 4.78 is 5.68. The van der Waals surface area contributed by atoms with Gasteiger partial charge in [-0.05, 0) is 35.2 Å². The zero-order valence-electron chi connectivity index (χ0n) is 16.4. The molecule has 1 heterocycles. The molecular formula is C22H23NO4S. The van der Waals surface area contributed by atoms with E-state index in [-0.39, 0.29) is 11.7 Å². The van der Waals surface area contributed by atoms with E-state index in [0.29, 0.717) is 28.4 Å². The minimum atomic E-state index is -0.506. The maximum atomic E-state index is 12.5. The summed E-state index contributed by atoms with van der Waals surface area (Å²) in [4.78, 5) is 26.5. The van der Waals surface area contributed by atoms with Gasteiger partial charge in [0.25, 0.3) is 0 Å². The molecule has 3 rings (SSSR count). The molecular weight excluding hydrogens is 374 g/mol. The standard InChI is InChI=1S/C22H23NO4S/c1-13(2)16-7-5-15(6-8-16)12-23(14(3)24)21-20(22(26)27-4)18-10-9-17(25)11-19(18)28-21/h5-11,13,25H,12H2,1-4H3. The van der Waals surface area contributed by atoms with E-state index in [4.69, 9.17) is 4.74 Å². The van der Waals surface area contributed by atoms with Crippen molar-refractivity contribution in [3.05, 3.63) is 59.2 Å². The van der Waals surface area contributed by atoms with Crippen LogP contribution < -0.4 is 4.90 Å². The fourth-order valence-electron chi connectivity index (χ4n) is 3.08. The molecule has 1 N–H and O–H groups in total. The van der Waals surface area contributed by atoms with Crippen molar-refractivity contribution in [1.82, 2.24) is 0 Å². The first kappa shape index (κ1) is 19.9. The smallest absolute Gasteiger partial charge is 0.341 e. The Hall–Kier alpha value is -2.86. The summed E-state index contributed by atoms with van der Waals surface area (Å²) in [6.45, 7) is 6.08. The summed E-state index contributed by atoms with van der Waals surface area (Å²) in [7, 11) is 1.32. The maximum absolute atomic E-state index is 12.5. The number of fused-ring (bicyclic) bond motifs is 1. The number of hydrogen-bond acceptors (Lipinski definition) is 5. The van der Waals surface area contributed by atoms with Crippen LogP contribution in [-0.4, -0.2) is 24.1 Å². The summed E-state index contributed by atoms with van der Waals surface area (Å²) >= 11 is 1.29. The lowest BCUT2D eigenvalue weighted by Crippen LogP contribution is -2.28. The molecule has 3 aromatic rings. The highest BCUT2D eigenvalue weighted by Crippen LogP contribution is 2.40. The van der Waals surface area contributed by atoms with E-state index in [1.807, 2.05) is 12.1 Å². The van der Waals surface area contributed by atoms with Crippen molar-refractivity contribution in [2.75, 3.05) is 12.0 Å². The summed E-state index contributed by atoms with van der Waals surface area (Å²) in [6, 6.07) is 12.9. The predicted molar refractivity (Wildman–Crippen MR) is 112 cm³/mol. The number of nitrogens with zero attached hydrogens (tertiary/aromatic N) is 1. The van der Waals surface area contributed by atoms with Crippen molar-refractivity contribution in [2.45, 2.75) is 33.2 Å². The number of esters is 1. The summed E-state index contributed by atoms with van der Waals surface area (Å²) in [6.07, 6.45) is 0. The quantitative estimate of drug-likeness (QED) is 0.611. The zero-order valence-corrected chi connectivity index (χ0v) is 17.2. The van der Waals surface area contributed by atoms with Gasteiger partial charge >= 0.3 is 5.97 Å². The van der Waals surface area contributed by atoms with Crippen molar-refractivity contribution < 1.29 is 19.4 Å². The van der Waals surface area contributed by atoms with Crippen LogP contribution in [0.3, 0.4) is 0 Å². The van der Waals surface area contributed by atoms with Crippen molar-refractivity contribution in [3.63, 3.8) is 0 Å². The van der Waals surface area contributed by atoms with Crippen LogP contribution in [0.15, 0.2) is 42.5 Å². The number of phenols is 1. The van der Waals surface area contributed by atoms with Gasteiger partial charge in [0.1, 0.15) is 16.3 Å². The van der Waals surface area contributed by atoms with Gasteiger partial charge in [0, 0.05) is 17.0 Å². The lowest BCUT2D eigenvalue weighted by atomic mass is 10.0. The summed E-state index contributed by atoms with van der Waals surface area (Å²) in [5, 5.41) is 11.0. The highest BCUT2D eigenvalue weighted by molar-refractivity contribution is 7.23. The number of aromatic hydroxyl groups is 1. The van der Waals surface area contributed by atoms with E-state index in [2.05, 4.69) is 26.0 Å². The first-order valence-electron chi connectivity index (χ1n) is 9.02. The predicted octanol–water partition coefficient (Wildman–Crippen LogP) is 5.07. The van der Waals surface area contributed by atoms with Crippen LogP contribution in [0.5, 0.6) is 5.75 Å². The molecule has 0 unspecified atom stereocenters. The van der Waals surface area contributed by atoms with Gasteiger partial charge in [-0.3, -0.25) is 9.69 Å². The first-order valence-corrected chi connectivity index (χ1v) is 9.84. The number of anilines is 1. The SMILES string of the molecule is COC(=O)c1c(N(Cc2ccc(C(C)C)cc2)C(C)=O)sc2cc(O)ccc12. The van der Waals surface area contributed by atoms with Gasteiger partial charge in [-0.1, -0.05) is 38.1 Å². The molecule has 5 nitrogen and oxygen atoms in total. The molecule has 0 radical (unpaired) electrons. The lowest BCUT2D eigenvalue weighted by molar-refractivity contribution is -0.116. The van der Waals surface area contributed by atoms with Gasteiger partial charge < -0.3 is 9.84 Å². The lowest BCUT2D eigenvalue weighted by Gasteiger charge is -2.21. The molecule has 146 valence electrons. The van der Waals surface area contributed by atoms with E-state index in [0.717, 1.165) is 10.3 Å². The molecule has 0 fully saturated rings. The Morgan fingerprint density at radius 1 is 1.14 bits per heavy atom. The van der Waals surface area contributed by atoms with Gasteiger partial charge in [-0.2, -0.15) is 0 Å². The first-order chi connectivity index (χ1) is 13.3. The Bertz CT molecular complexity index is 1020. The van der Waals surface area contributed by atoms with E-state index in [9.17, 15) is 14.7 Å². The number of methoxy groups -OCH3 is 1. The number of ether oxygens (including phenoxy) is 1. The van der Waals surface area contributed by atoms with E-state index in [1.54, 1.807) is 17.0 Å². The van der Waals surface area contributed by atoms with Crippen molar-refractivity contribution in [2.24, 2.45) is 0 Å². The highest BCUT2D eigenvalue weighted by atomic mass is 32.1. The number of carbonyl (C=O) groups excluding carboxylic acids is 2. The minimum Gasteiger partial charge on any atom is -0.508 e. The zero-order chi connectivity index (χ0) is 20.4. The van der Waals surface area contributed by atoms with Crippen LogP contribution in [0.2, 0.25) is 0 Å². The Kier molecular flexibility index (Phi) is 5.70. The third kappa shape index (κ3) is 3.87. The third-order valence-electron chi connectivity index (χ3n) is 4.66. The van der Waals surface area contributed by atoms with Crippen LogP contribution in [0, 0.1) is 0 Å². The van der Waals surface area contributed by atoms with Crippen molar-refractivity contribution in [1.29, 1.82) is 0 Å². The molecule has 0 saturated carbocycles. The molecule has 1 aromatic heterocycles.